The van der Waals surface area contributed by atoms with Gasteiger partial charge >= 0.3 is 5.97 Å². The Morgan fingerprint density at radius 3 is 2.95 bits per heavy atom. The monoisotopic (exact) mass is 262 g/mol. The summed E-state index contributed by atoms with van der Waals surface area (Å²) in [7, 11) is 0. The van der Waals surface area contributed by atoms with Crippen LogP contribution in [-0.4, -0.2) is 22.6 Å². The first-order valence-corrected chi connectivity index (χ1v) is 6.58. The largest absolute Gasteiger partial charge is 0.478 e. The number of carboxylic acids is 1. The smallest absolute Gasteiger partial charge is 0.335 e. The summed E-state index contributed by atoms with van der Waals surface area (Å²) in [6.07, 6.45) is 4.71. The molecule has 2 aromatic rings. The standard InChI is InChI=1S/C14H18N2O3/c1-2-3-4-5-8-15-14-16-11-7-6-10(13(17)18)9-12(11)19-14/h6-7,9H,2-5,8H2,1H3,(H,15,16)(H,17,18). The molecule has 0 saturated carbocycles. The summed E-state index contributed by atoms with van der Waals surface area (Å²) in [4.78, 5) is 15.1. The van der Waals surface area contributed by atoms with Gasteiger partial charge in [0.25, 0.3) is 6.01 Å². The molecule has 0 radical (unpaired) electrons. The van der Waals surface area contributed by atoms with Gasteiger partial charge in [-0.2, -0.15) is 4.98 Å². The van der Waals surface area contributed by atoms with Crippen molar-refractivity contribution in [2.24, 2.45) is 0 Å². The Balaban J connectivity index is 1.99. The topological polar surface area (TPSA) is 75.4 Å². The average molecular weight is 262 g/mol. The number of hydrogen-bond donors (Lipinski definition) is 2. The lowest BCUT2D eigenvalue weighted by Gasteiger charge is -2.00. The van der Waals surface area contributed by atoms with E-state index in [0.717, 1.165) is 13.0 Å². The van der Waals surface area contributed by atoms with Crippen molar-refractivity contribution in [2.75, 3.05) is 11.9 Å². The summed E-state index contributed by atoms with van der Waals surface area (Å²) in [6, 6.07) is 5.13. The van der Waals surface area contributed by atoms with Crippen LogP contribution in [-0.2, 0) is 0 Å². The highest BCUT2D eigenvalue weighted by atomic mass is 16.4. The molecule has 0 aliphatic carbocycles. The van der Waals surface area contributed by atoms with E-state index in [0.29, 0.717) is 17.1 Å². The number of aromatic nitrogens is 1. The Bertz CT molecular complexity index is 563. The first-order chi connectivity index (χ1) is 9.20. The van der Waals surface area contributed by atoms with Gasteiger partial charge in [-0.05, 0) is 24.6 Å². The zero-order valence-corrected chi connectivity index (χ0v) is 11.0. The van der Waals surface area contributed by atoms with E-state index in [1.807, 2.05) is 0 Å². The van der Waals surface area contributed by atoms with E-state index in [1.165, 1.54) is 31.4 Å². The third-order valence-corrected chi connectivity index (χ3v) is 2.94. The van der Waals surface area contributed by atoms with Crippen molar-refractivity contribution in [3.05, 3.63) is 23.8 Å². The van der Waals surface area contributed by atoms with Crippen LogP contribution < -0.4 is 5.32 Å². The number of rotatable bonds is 7. The Hall–Kier alpha value is -2.04. The molecule has 0 fully saturated rings. The summed E-state index contributed by atoms with van der Waals surface area (Å²) in [5.41, 5.74) is 1.37. The van der Waals surface area contributed by atoms with Crippen LogP contribution in [0.25, 0.3) is 11.1 Å². The molecular weight excluding hydrogens is 244 g/mol. The van der Waals surface area contributed by atoms with Crippen molar-refractivity contribution < 1.29 is 14.3 Å². The minimum Gasteiger partial charge on any atom is -0.478 e. The third kappa shape index (κ3) is 3.47. The predicted octanol–water partition coefficient (Wildman–Crippen LogP) is 3.52. The van der Waals surface area contributed by atoms with Gasteiger partial charge in [-0.15, -0.1) is 0 Å². The van der Waals surface area contributed by atoms with E-state index in [1.54, 1.807) is 6.07 Å². The maximum Gasteiger partial charge on any atom is 0.335 e. The zero-order valence-electron chi connectivity index (χ0n) is 11.0. The summed E-state index contributed by atoms with van der Waals surface area (Å²) in [5.74, 6) is -0.965. The van der Waals surface area contributed by atoms with Gasteiger partial charge in [0.1, 0.15) is 5.52 Å². The number of unbranched alkanes of at least 4 members (excludes halogenated alkanes) is 3. The molecule has 5 heteroatoms. The number of benzene rings is 1. The Morgan fingerprint density at radius 1 is 1.37 bits per heavy atom. The number of fused-ring (bicyclic) bond motifs is 1. The molecule has 1 heterocycles. The number of carboxylic acid groups (broad SMARTS) is 1. The fourth-order valence-electron chi connectivity index (χ4n) is 1.88. The molecule has 0 aliphatic heterocycles. The molecule has 2 N–H and O–H groups in total. The fraction of sp³-hybridized carbons (Fsp3) is 0.429. The second-order valence-corrected chi connectivity index (χ2v) is 4.49. The lowest BCUT2D eigenvalue weighted by molar-refractivity contribution is 0.0697. The molecule has 0 saturated heterocycles. The molecule has 19 heavy (non-hydrogen) atoms. The minimum atomic E-state index is -0.965. The van der Waals surface area contributed by atoms with Gasteiger partial charge in [-0.1, -0.05) is 26.2 Å². The van der Waals surface area contributed by atoms with Crippen LogP contribution in [0.2, 0.25) is 0 Å². The van der Waals surface area contributed by atoms with Gasteiger partial charge in [0.2, 0.25) is 0 Å². The molecule has 0 aliphatic rings. The molecule has 0 amide bonds. The number of oxazole rings is 1. The molecule has 0 bridgehead atoms. The highest BCUT2D eigenvalue weighted by Gasteiger charge is 2.09. The number of nitrogens with one attached hydrogen (secondary N) is 1. The molecule has 0 spiro atoms. The summed E-state index contributed by atoms with van der Waals surface area (Å²) in [5, 5.41) is 12.0. The molecule has 5 nitrogen and oxygen atoms in total. The van der Waals surface area contributed by atoms with E-state index in [4.69, 9.17) is 9.52 Å². The SMILES string of the molecule is CCCCCCNc1nc2ccc(C(=O)O)cc2o1. The van der Waals surface area contributed by atoms with Crippen molar-refractivity contribution in [1.29, 1.82) is 0 Å². The second kappa shape index (κ2) is 6.22. The molecule has 1 aromatic carbocycles. The van der Waals surface area contributed by atoms with Crippen molar-refractivity contribution in [1.82, 2.24) is 4.98 Å². The quantitative estimate of drug-likeness (QED) is 0.747. The molecule has 1 aromatic heterocycles. The van der Waals surface area contributed by atoms with Crippen LogP contribution in [0.15, 0.2) is 22.6 Å². The highest BCUT2D eigenvalue weighted by molar-refractivity contribution is 5.92. The second-order valence-electron chi connectivity index (χ2n) is 4.49. The zero-order chi connectivity index (χ0) is 13.7. The number of nitrogens with zero attached hydrogens (tertiary/aromatic N) is 1. The third-order valence-electron chi connectivity index (χ3n) is 2.94. The van der Waals surface area contributed by atoms with Crippen LogP contribution in [0.1, 0.15) is 43.0 Å². The van der Waals surface area contributed by atoms with Crippen LogP contribution >= 0.6 is 0 Å². The first-order valence-electron chi connectivity index (χ1n) is 6.58. The molecule has 102 valence electrons. The van der Waals surface area contributed by atoms with Crippen molar-refractivity contribution in [3.63, 3.8) is 0 Å². The Labute approximate surface area is 111 Å². The van der Waals surface area contributed by atoms with E-state index < -0.39 is 5.97 Å². The minimum absolute atomic E-state index is 0.207. The maximum atomic E-state index is 10.8. The van der Waals surface area contributed by atoms with E-state index >= 15 is 0 Å². The normalized spacial score (nSPS) is 10.8. The number of carbonyl (C=O) groups is 1. The number of hydrogen-bond acceptors (Lipinski definition) is 4. The van der Waals surface area contributed by atoms with Crippen molar-refractivity contribution in [3.8, 4) is 0 Å². The molecular formula is C14H18N2O3. The number of aromatic carboxylic acids is 1. The van der Waals surface area contributed by atoms with Gasteiger partial charge in [0.15, 0.2) is 5.58 Å². The van der Waals surface area contributed by atoms with E-state index in [-0.39, 0.29) is 5.56 Å². The molecule has 0 atom stereocenters. The van der Waals surface area contributed by atoms with Gasteiger partial charge in [-0.3, -0.25) is 0 Å². The van der Waals surface area contributed by atoms with Gasteiger partial charge in [0.05, 0.1) is 5.56 Å². The Morgan fingerprint density at radius 2 is 2.21 bits per heavy atom. The fourth-order valence-corrected chi connectivity index (χ4v) is 1.88. The lowest BCUT2D eigenvalue weighted by atomic mass is 10.2. The molecule has 2 rings (SSSR count). The van der Waals surface area contributed by atoms with Crippen LogP contribution in [0.4, 0.5) is 6.01 Å². The summed E-state index contributed by atoms with van der Waals surface area (Å²) < 4.78 is 5.48. The average Bonchev–Trinajstić information content (AvgIpc) is 2.80. The molecule has 0 unspecified atom stereocenters. The predicted molar refractivity (Wildman–Crippen MR) is 73.6 cm³/mol. The highest BCUT2D eigenvalue weighted by Crippen LogP contribution is 2.20. The van der Waals surface area contributed by atoms with Gasteiger partial charge in [-0.25, -0.2) is 4.79 Å². The lowest BCUT2D eigenvalue weighted by Crippen LogP contribution is -2.01. The van der Waals surface area contributed by atoms with Crippen LogP contribution in [0.5, 0.6) is 0 Å². The summed E-state index contributed by atoms with van der Waals surface area (Å²) in [6.45, 7) is 2.99. The van der Waals surface area contributed by atoms with E-state index in [2.05, 4.69) is 17.2 Å². The summed E-state index contributed by atoms with van der Waals surface area (Å²) >= 11 is 0. The van der Waals surface area contributed by atoms with Crippen molar-refractivity contribution in [2.45, 2.75) is 32.6 Å². The van der Waals surface area contributed by atoms with Crippen LogP contribution in [0.3, 0.4) is 0 Å². The van der Waals surface area contributed by atoms with Crippen molar-refractivity contribution >= 4 is 23.1 Å². The number of anilines is 1. The van der Waals surface area contributed by atoms with Crippen LogP contribution in [0, 0.1) is 0 Å². The maximum absolute atomic E-state index is 10.8. The van der Waals surface area contributed by atoms with Gasteiger partial charge < -0.3 is 14.8 Å². The first kappa shape index (κ1) is 13.4. The Kier molecular flexibility index (Phi) is 4.39. The van der Waals surface area contributed by atoms with E-state index in [9.17, 15) is 4.79 Å². The van der Waals surface area contributed by atoms with Gasteiger partial charge in [0, 0.05) is 6.54 Å².